The molecular weight excluding hydrogens is 266 g/mol. The number of amides is 1. The number of rotatable bonds is 5. The van der Waals surface area contributed by atoms with Crippen LogP contribution in [0.5, 0.6) is 11.5 Å². The van der Waals surface area contributed by atoms with Crippen LogP contribution in [0.2, 0.25) is 0 Å². The molecule has 0 aromatic heterocycles. The van der Waals surface area contributed by atoms with Crippen molar-refractivity contribution in [1.29, 1.82) is 0 Å². The largest absolute Gasteiger partial charge is 0.497 e. The second-order valence-corrected chi connectivity index (χ2v) is 5.70. The molecule has 1 aromatic rings. The molecule has 0 bridgehead atoms. The summed E-state index contributed by atoms with van der Waals surface area (Å²) in [4.78, 5) is 14.5. The molecule has 0 N–H and O–H groups in total. The Labute approximate surface area is 127 Å². The third kappa shape index (κ3) is 4.13. The molecule has 0 unspecified atom stereocenters. The number of carbonyl (C=O) groups excluding carboxylic acids is 1. The lowest BCUT2D eigenvalue weighted by molar-refractivity contribution is -0.140. The predicted molar refractivity (Wildman–Crippen MR) is 82.7 cm³/mol. The van der Waals surface area contributed by atoms with E-state index in [1.54, 1.807) is 7.11 Å². The van der Waals surface area contributed by atoms with Gasteiger partial charge in [0.15, 0.2) is 6.10 Å². The van der Waals surface area contributed by atoms with Gasteiger partial charge in [-0.25, -0.2) is 0 Å². The molecule has 1 fully saturated rings. The summed E-state index contributed by atoms with van der Waals surface area (Å²) < 4.78 is 11.0. The van der Waals surface area contributed by atoms with Crippen molar-refractivity contribution in [3.8, 4) is 11.5 Å². The highest BCUT2D eigenvalue weighted by Gasteiger charge is 2.27. The summed E-state index contributed by atoms with van der Waals surface area (Å²) in [5.74, 6) is 2.32. The lowest BCUT2D eigenvalue weighted by Crippen LogP contribution is -2.45. The van der Waals surface area contributed by atoms with E-state index >= 15 is 0 Å². The van der Waals surface area contributed by atoms with Crippen LogP contribution in [0.25, 0.3) is 0 Å². The van der Waals surface area contributed by atoms with Crippen LogP contribution in [0.4, 0.5) is 0 Å². The third-order valence-corrected chi connectivity index (χ3v) is 4.08. The Morgan fingerprint density at radius 2 is 1.81 bits per heavy atom. The summed E-state index contributed by atoms with van der Waals surface area (Å²) >= 11 is 0. The molecular formula is C17H25NO3. The monoisotopic (exact) mass is 291 g/mol. The second-order valence-electron chi connectivity index (χ2n) is 5.70. The van der Waals surface area contributed by atoms with Crippen LogP contribution in [0.15, 0.2) is 24.3 Å². The van der Waals surface area contributed by atoms with E-state index in [4.69, 9.17) is 9.47 Å². The lowest BCUT2D eigenvalue weighted by atomic mass is 9.99. The quantitative estimate of drug-likeness (QED) is 0.836. The van der Waals surface area contributed by atoms with Gasteiger partial charge in [-0.15, -0.1) is 0 Å². The number of methoxy groups -OCH3 is 1. The fourth-order valence-electron chi connectivity index (χ4n) is 2.56. The molecule has 116 valence electrons. The van der Waals surface area contributed by atoms with Crippen LogP contribution in [-0.4, -0.2) is 37.1 Å². The van der Waals surface area contributed by atoms with Gasteiger partial charge in [-0.3, -0.25) is 4.79 Å². The Kier molecular flexibility index (Phi) is 5.48. The minimum atomic E-state index is -0.396. The summed E-state index contributed by atoms with van der Waals surface area (Å²) in [6.45, 7) is 5.93. The summed E-state index contributed by atoms with van der Waals surface area (Å²) in [7, 11) is 1.63. The first-order valence-corrected chi connectivity index (χ1v) is 7.73. The van der Waals surface area contributed by atoms with E-state index < -0.39 is 6.10 Å². The molecule has 21 heavy (non-hydrogen) atoms. The molecule has 1 heterocycles. The van der Waals surface area contributed by atoms with E-state index in [9.17, 15) is 4.79 Å². The molecule has 1 saturated heterocycles. The maximum absolute atomic E-state index is 12.5. The van der Waals surface area contributed by atoms with Crippen LogP contribution in [-0.2, 0) is 4.79 Å². The van der Waals surface area contributed by atoms with E-state index in [1.807, 2.05) is 36.1 Å². The number of ether oxygens (including phenoxy) is 2. The molecule has 0 saturated carbocycles. The third-order valence-electron chi connectivity index (χ3n) is 4.08. The maximum atomic E-state index is 12.5. The number of benzene rings is 1. The van der Waals surface area contributed by atoms with Gasteiger partial charge in [0.25, 0.3) is 5.91 Å². The van der Waals surface area contributed by atoms with Crippen molar-refractivity contribution in [2.75, 3.05) is 20.2 Å². The van der Waals surface area contributed by atoms with Crippen molar-refractivity contribution in [3.63, 3.8) is 0 Å². The molecule has 1 aromatic carbocycles. The highest BCUT2D eigenvalue weighted by Crippen LogP contribution is 2.21. The smallest absolute Gasteiger partial charge is 0.263 e. The lowest BCUT2D eigenvalue weighted by Gasteiger charge is -2.32. The van der Waals surface area contributed by atoms with E-state index in [0.29, 0.717) is 12.2 Å². The van der Waals surface area contributed by atoms with Crippen molar-refractivity contribution in [3.05, 3.63) is 24.3 Å². The van der Waals surface area contributed by atoms with E-state index in [2.05, 4.69) is 6.92 Å². The Hall–Kier alpha value is -1.71. The predicted octanol–water partition coefficient (Wildman–Crippen LogP) is 3.11. The fraction of sp³-hybridized carbons (Fsp3) is 0.588. The number of hydrogen-bond donors (Lipinski definition) is 0. The van der Waals surface area contributed by atoms with E-state index in [-0.39, 0.29) is 5.91 Å². The van der Waals surface area contributed by atoms with Gasteiger partial charge in [0.1, 0.15) is 11.5 Å². The number of carbonyl (C=O) groups is 1. The van der Waals surface area contributed by atoms with Gasteiger partial charge in [-0.2, -0.15) is 0 Å². The summed E-state index contributed by atoms with van der Waals surface area (Å²) in [5.41, 5.74) is 0. The van der Waals surface area contributed by atoms with Gasteiger partial charge < -0.3 is 14.4 Å². The van der Waals surface area contributed by atoms with Gasteiger partial charge in [0.05, 0.1) is 7.11 Å². The fourth-order valence-corrected chi connectivity index (χ4v) is 2.56. The Balaban J connectivity index is 1.96. The van der Waals surface area contributed by atoms with Gasteiger partial charge in [0.2, 0.25) is 0 Å². The number of likely N-dealkylation sites (tertiary alicyclic amines) is 1. The van der Waals surface area contributed by atoms with Crippen molar-refractivity contribution < 1.29 is 14.3 Å². The van der Waals surface area contributed by atoms with Crippen LogP contribution in [0, 0.1) is 5.92 Å². The topological polar surface area (TPSA) is 38.8 Å². The zero-order valence-corrected chi connectivity index (χ0v) is 13.2. The number of piperidine rings is 1. The second kappa shape index (κ2) is 7.34. The van der Waals surface area contributed by atoms with Crippen LogP contribution in [0.1, 0.15) is 33.1 Å². The molecule has 1 aliphatic heterocycles. The van der Waals surface area contributed by atoms with Crippen LogP contribution < -0.4 is 9.47 Å². The van der Waals surface area contributed by atoms with E-state index in [1.165, 1.54) is 0 Å². The molecule has 4 heteroatoms. The highest BCUT2D eigenvalue weighted by atomic mass is 16.5. The standard InChI is InChI=1S/C17H25NO3/c1-4-16(17(19)18-11-9-13(2)10-12-18)21-15-7-5-14(20-3)6-8-15/h5-8,13,16H,4,9-12H2,1-3H3/t16-/m0/s1. The first-order chi connectivity index (χ1) is 10.1. The first kappa shape index (κ1) is 15.7. The number of nitrogens with zero attached hydrogens (tertiary/aromatic N) is 1. The van der Waals surface area contributed by atoms with Gasteiger partial charge in [-0.1, -0.05) is 13.8 Å². The normalized spacial score (nSPS) is 17.4. The average Bonchev–Trinajstić information content (AvgIpc) is 2.53. The molecule has 2 rings (SSSR count). The molecule has 1 amide bonds. The zero-order valence-electron chi connectivity index (χ0n) is 13.2. The Morgan fingerprint density at radius 1 is 1.24 bits per heavy atom. The van der Waals surface area contributed by atoms with Gasteiger partial charge in [-0.05, 0) is 49.4 Å². The van der Waals surface area contributed by atoms with Gasteiger partial charge in [0, 0.05) is 13.1 Å². The van der Waals surface area contributed by atoms with Crippen LogP contribution in [0.3, 0.4) is 0 Å². The Morgan fingerprint density at radius 3 is 2.33 bits per heavy atom. The maximum Gasteiger partial charge on any atom is 0.263 e. The van der Waals surface area contributed by atoms with Crippen molar-refractivity contribution in [2.24, 2.45) is 5.92 Å². The molecule has 0 spiro atoms. The molecule has 1 atom stereocenters. The van der Waals surface area contributed by atoms with E-state index in [0.717, 1.165) is 37.6 Å². The summed E-state index contributed by atoms with van der Waals surface area (Å²) in [6.07, 6.45) is 2.46. The molecule has 0 aliphatic carbocycles. The summed E-state index contributed by atoms with van der Waals surface area (Å²) in [5, 5.41) is 0. The SMILES string of the molecule is CC[C@H](Oc1ccc(OC)cc1)C(=O)N1CCC(C)CC1. The van der Waals surface area contributed by atoms with Crippen molar-refractivity contribution >= 4 is 5.91 Å². The zero-order chi connectivity index (χ0) is 15.2. The minimum Gasteiger partial charge on any atom is -0.497 e. The minimum absolute atomic E-state index is 0.111. The summed E-state index contributed by atoms with van der Waals surface area (Å²) in [6, 6.07) is 7.37. The first-order valence-electron chi connectivity index (χ1n) is 7.73. The van der Waals surface area contributed by atoms with Crippen molar-refractivity contribution in [2.45, 2.75) is 39.2 Å². The Bertz CT molecular complexity index is 450. The highest BCUT2D eigenvalue weighted by molar-refractivity contribution is 5.81. The van der Waals surface area contributed by atoms with Crippen LogP contribution >= 0.6 is 0 Å². The molecule has 0 radical (unpaired) electrons. The molecule has 4 nitrogen and oxygen atoms in total. The van der Waals surface area contributed by atoms with Gasteiger partial charge >= 0.3 is 0 Å². The van der Waals surface area contributed by atoms with Crippen molar-refractivity contribution in [1.82, 2.24) is 4.90 Å². The molecule has 1 aliphatic rings. The number of hydrogen-bond acceptors (Lipinski definition) is 3. The average molecular weight is 291 g/mol.